The van der Waals surface area contributed by atoms with Crippen molar-refractivity contribution >= 4 is 23.2 Å². The van der Waals surface area contributed by atoms with Gasteiger partial charge in [-0.25, -0.2) is 0 Å². The molecule has 0 atom stereocenters. The van der Waals surface area contributed by atoms with E-state index in [1.165, 1.54) is 0 Å². The molecule has 0 radical (unpaired) electrons. The number of carbonyl (C=O) groups excluding carboxylic acids is 1. The number of alkyl halides is 3. The third kappa shape index (κ3) is 5.56. The third-order valence-electron chi connectivity index (χ3n) is 3.38. The maximum absolute atomic E-state index is 12.7. The van der Waals surface area contributed by atoms with Gasteiger partial charge in [-0.1, -0.05) is 23.7 Å². The van der Waals surface area contributed by atoms with E-state index >= 15 is 0 Å². The number of hydrogen-bond donors (Lipinski definition) is 2. The van der Waals surface area contributed by atoms with Gasteiger partial charge in [0.2, 0.25) is 5.91 Å². The smallest absolute Gasteiger partial charge is 0.416 e. The summed E-state index contributed by atoms with van der Waals surface area (Å²) in [4.78, 5) is 11.8. The molecule has 0 fully saturated rings. The molecule has 0 aliphatic rings. The molecule has 0 saturated heterocycles. The van der Waals surface area contributed by atoms with E-state index in [0.717, 1.165) is 23.8 Å². The number of benzene rings is 2. The van der Waals surface area contributed by atoms with E-state index in [1.807, 2.05) is 0 Å². The summed E-state index contributed by atoms with van der Waals surface area (Å²) >= 11 is 5.86. The topological polar surface area (TPSA) is 50.4 Å². The van der Waals surface area contributed by atoms with Crippen LogP contribution in [0.15, 0.2) is 42.5 Å². The summed E-state index contributed by atoms with van der Waals surface area (Å²) in [6, 6.07) is 10.0. The van der Waals surface area contributed by atoms with Gasteiger partial charge in [0.05, 0.1) is 29.9 Å². The fourth-order valence-electron chi connectivity index (χ4n) is 2.02. The van der Waals surface area contributed by atoms with Crippen LogP contribution in [0.5, 0.6) is 5.75 Å². The van der Waals surface area contributed by atoms with Gasteiger partial charge in [0.1, 0.15) is 5.75 Å². The summed E-state index contributed by atoms with van der Waals surface area (Å²) in [5, 5.41) is 5.39. The lowest BCUT2D eigenvalue weighted by atomic mass is 10.2. The van der Waals surface area contributed by atoms with Gasteiger partial charge >= 0.3 is 6.18 Å². The second-order valence-corrected chi connectivity index (χ2v) is 5.58. The molecule has 0 aliphatic carbocycles. The van der Waals surface area contributed by atoms with E-state index < -0.39 is 11.7 Å². The quantitative estimate of drug-likeness (QED) is 0.802. The minimum absolute atomic E-state index is 0.0519. The average molecular weight is 373 g/mol. The second kappa shape index (κ2) is 8.11. The molecular formula is C17H16ClF3N2O2. The number of hydrogen-bond acceptors (Lipinski definition) is 3. The highest BCUT2D eigenvalue weighted by Crippen LogP contribution is 2.33. The number of ether oxygens (including phenoxy) is 1. The van der Waals surface area contributed by atoms with Crippen molar-refractivity contribution < 1.29 is 22.7 Å². The van der Waals surface area contributed by atoms with Crippen LogP contribution in [0.1, 0.15) is 11.1 Å². The average Bonchev–Trinajstić information content (AvgIpc) is 2.58. The fraction of sp³-hybridized carbons (Fsp3) is 0.235. The molecule has 2 aromatic carbocycles. The zero-order valence-electron chi connectivity index (χ0n) is 13.3. The number of halogens is 4. The molecule has 134 valence electrons. The number of carbonyl (C=O) groups is 1. The second-order valence-electron chi connectivity index (χ2n) is 5.17. The summed E-state index contributed by atoms with van der Waals surface area (Å²) < 4.78 is 43.1. The van der Waals surface area contributed by atoms with Gasteiger partial charge in [0, 0.05) is 6.54 Å². The van der Waals surface area contributed by atoms with Crippen molar-refractivity contribution in [2.75, 3.05) is 19.0 Å². The van der Waals surface area contributed by atoms with Gasteiger partial charge in [-0.15, -0.1) is 0 Å². The molecule has 0 unspecified atom stereocenters. The largest absolute Gasteiger partial charge is 0.497 e. The first-order valence-corrected chi connectivity index (χ1v) is 7.67. The highest BCUT2D eigenvalue weighted by Gasteiger charge is 2.30. The van der Waals surface area contributed by atoms with Crippen molar-refractivity contribution in [3.8, 4) is 5.75 Å². The first kappa shape index (κ1) is 18.9. The first-order chi connectivity index (χ1) is 11.8. The van der Waals surface area contributed by atoms with E-state index in [4.69, 9.17) is 16.3 Å². The minimum Gasteiger partial charge on any atom is -0.497 e. The van der Waals surface area contributed by atoms with E-state index in [1.54, 1.807) is 31.4 Å². The van der Waals surface area contributed by atoms with Crippen molar-refractivity contribution in [1.82, 2.24) is 5.32 Å². The Kier molecular flexibility index (Phi) is 6.14. The summed E-state index contributed by atoms with van der Waals surface area (Å²) in [5.74, 6) is 0.334. The van der Waals surface area contributed by atoms with Crippen LogP contribution in [0.2, 0.25) is 5.02 Å². The molecule has 1 amide bonds. The van der Waals surface area contributed by atoms with Crippen molar-refractivity contribution in [2.24, 2.45) is 0 Å². The van der Waals surface area contributed by atoms with E-state index in [-0.39, 0.29) is 23.2 Å². The molecule has 0 saturated carbocycles. The van der Waals surface area contributed by atoms with E-state index in [2.05, 4.69) is 10.6 Å². The molecule has 0 aromatic heterocycles. The van der Waals surface area contributed by atoms with Gasteiger partial charge < -0.3 is 15.4 Å². The Morgan fingerprint density at radius 2 is 1.84 bits per heavy atom. The summed E-state index contributed by atoms with van der Waals surface area (Å²) in [6.07, 6.45) is -4.47. The van der Waals surface area contributed by atoms with Gasteiger partial charge in [-0.05, 0) is 35.9 Å². The number of anilines is 1. The molecule has 4 nitrogen and oxygen atoms in total. The molecule has 8 heteroatoms. The van der Waals surface area contributed by atoms with Crippen LogP contribution >= 0.6 is 11.6 Å². The first-order valence-electron chi connectivity index (χ1n) is 7.30. The van der Waals surface area contributed by atoms with Crippen LogP contribution in [0.25, 0.3) is 0 Å². The molecule has 0 spiro atoms. The van der Waals surface area contributed by atoms with Crippen LogP contribution < -0.4 is 15.4 Å². The highest BCUT2D eigenvalue weighted by molar-refractivity contribution is 6.33. The molecule has 25 heavy (non-hydrogen) atoms. The maximum Gasteiger partial charge on any atom is 0.416 e. The Balaban J connectivity index is 1.89. The van der Waals surface area contributed by atoms with Crippen LogP contribution in [0.3, 0.4) is 0 Å². The molecule has 2 aromatic rings. The zero-order chi connectivity index (χ0) is 18.4. The predicted octanol–water partition coefficient (Wildman–Crippen LogP) is 4.10. The maximum atomic E-state index is 12.7. The van der Waals surface area contributed by atoms with E-state index in [9.17, 15) is 18.0 Å². The molecule has 0 aliphatic heterocycles. The Bertz CT molecular complexity index is 734. The van der Waals surface area contributed by atoms with Gasteiger partial charge in [-0.2, -0.15) is 13.2 Å². The number of rotatable bonds is 6. The number of amides is 1. The standard InChI is InChI=1S/C17H16ClF3N2O2/c1-25-13-5-2-11(3-6-13)9-23-16(24)10-22-15-8-12(17(19,20)21)4-7-14(15)18/h2-8,22H,9-10H2,1H3,(H,23,24). The Hall–Kier alpha value is -2.41. The molecule has 2 N–H and O–H groups in total. The summed E-state index contributed by atoms with van der Waals surface area (Å²) in [5.41, 5.74) is 0.0837. The van der Waals surface area contributed by atoms with Crippen molar-refractivity contribution in [3.63, 3.8) is 0 Å². The van der Waals surface area contributed by atoms with Crippen molar-refractivity contribution in [2.45, 2.75) is 12.7 Å². The van der Waals surface area contributed by atoms with Gasteiger partial charge in [0.15, 0.2) is 0 Å². The Morgan fingerprint density at radius 3 is 2.44 bits per heavy atom. The zero-order valence-corrected chi connectivity index (χ0v) is 14.0. The van der Waals surface area contributed by atoms with Gasteiger partial charge in [0.25, 0.3) is 0 Å². The summed E-state index contributed by atoms with van der Waals surface area (Å²) in [6.45, 7) is 0.0953. The Labute approximate surface area is 147 Å². The van der Waals surface area contributed by atoms with Gasteiger partial charge in [-0.3, -0.25) is 4.79 Å². The normalized spacial score (nSPS) is 11.1. The predicted molar refractivity (Wildman–Crippen MR) is 89.8 cm³/mol. The lowest BCUT2D eigenvalue weighted by molar-refractivity contribution is -0.137. The number of methoxy groups -OCH3 is 1. The summed E-state index contributed by atoms with van der Waals surface area (Å²) in [7, 11) is 1.56. The molecule has 0 bridgehead atoms. The van der Waals surface area contributed by atoms with Crippen LogP contribution in [-0.4, -0.2) is 19.6 Å². The number of nitrogens with one attached hydrogen (secondary N) is 2. The molecular weight excluding hydrogens is 357 g/mol. The lowest BCUT2D eigenvalue weighted by Crippen LogP contribution is -2.29. The monoisotopic (exact) mass is 372 g/mol. The lowest BCUT2D eigenvalue weighted by Gasteiger charge is -2.12. The fourth-order valence-corrected chi connectivity index (χ4v) is 2.20. The van der Waals surface area contributed by atoms with Crippen molar-refractivity contribution in [1.29, 1.82) is 0 Å². The SMILES string of the molecule is COc1ccc(CNC(=O)CNc2cc(C(F)(F)F)ccc2Cl)cc1. The highest BCUT2D eigenvalue weighted by atomic mass is 35.5. The Morgan fingerprint density at radius 1 is 1.16 bits per heavy atom. The third-order valence-corrected chi connectivity index (χ3v) is 3.71. The van der Waals surface area contributed by atoms with Crippen LogP contribution in [-0.2, 0) is 17.5 Å². The molecule has 0 heterocycles. The van der Waals surface area contributed by atoms with Crippen molar-refractivity contribution in [3.05, 3.63) is 58.6 Å². The minimum atomic E-state index is -4.47. The van der Waals surface area contributed by atoms with Crippen LogP contribution in [0, 0.1) is 0 Å². The van der Waals surface area contributed by atoms with Crippen LogP contribution in [0.4, 0.5) is 18.9 Å². The molecule has 2 rings (SSSR count). The van der Waals surface area contributed by atoms with E-state index in [0.29, 0.717) is 12.3 Å².